The molecule has 1 atom stereocenters. The minimum atomic E-state index is -0.792. The van der Waals surface area contributed by atoms with Crippen molar-refractivity contribution in [2.75, 3.05) is 13.2 Å². The van der Waals surface area contributed by atoms with Gasteiger partial charge in [0.25, 0.3) is 0 Å². The lowest BCUT2D eigenvalue weighted by molar-refractivity contribution is -0.167. The van der Waals surface area contributed by atoms with Crippen molar-refractivity contribution >= 4 is 17.9 Å². The summed E-state index contributed by atoms with van der Waals surface area (Å²) in [7, 11) is 0. The molecule has 1 unspecified atom stereocenters. The largest absolute Gasteiger partial charge is 0.462 e. The van der Waals surface area contributed by atoms with Crippen LogP contribution in [-0.2, 0) is 28.6 Å². The summed E-state index contributed by atoms with van der Waals surface area (Å²) in [6, 6.07) is 0. The molecule has 0 N–H and O–H groups in total. The molecule has 0 amide bonds. The molecule has 6 heteroatoms. The minimum Gasteiger partial charge on any atom is -0.462 e. The molecule has 0 spiro atoms. The Balaban J connectivity index is 4.35. The van der Waals surface area contributed by atoms with Gasteiger partial charge in [-0.05, 0) is 116 Å². The topological polar surface area (TPSA) is 78.9 Å². The molecular formula is C75H126O6. The van der Waals surface area contributed by atoms with Gasteiger partial charge in [-0.2, -0.15) is 0 Å². The monoisotopic (exact) mass is 1120 g/mol. The molecule has 462 valence electrons. The molecule has 0 aromatic heterocycles. The van der Waals surface area contributed by atoms with E-state index in [4.69, 9.17) is 14.2 Å². The van der Waals surface area contributed by atoms with Crippen molar-refractivity contribution in [1.29, 1.82) is 0 Å². The predicted molar refractivity (Wildman–Crippen MR) is 353 cm³/mol. The molecule has 0 aromatic carbocycles. The maximum absolute atomic E-state index is 12.9. The summed E-state index contributed by atoms with van der Waals surface area (Å²) in [5.41, 5.74) is 0. The zero-order chi connectivity index (χ0) is 58.5. The number of rotatable bonds is 61. The molecule has 0 aliphatic rings. The van der Waals surface area contributed by atoms with E-state index in [1.165, 1.54) is 128 Å². The van der Waals surface area contributed by atoms with Crippen molar-refractivity contribution < 1.29 is 28.6 Å². The lowest BCUT2D eigenvalue weighted by Crippen LogP contribution is -2.30. The zero-order valence-electron chi connectivity index (χ0n) is 53.0. The van der Waals surface area contributed by atoms with Gasteiger partial charge in [0.15, 0.2) is 6.10 Å². The van der Waals surface area contributed by atoms with Crippen molar-refractivity contribution in [3.8, 4) is 0 Å². The van der Waals surface area contributed by atoms with E-state index in [1.54, 1.807) is 0 Å². The smallest absolute Gasteiger partial charge is 0.306 e. The molecular weight excluding hydrogens is 997 g/mol. The minimum absolute atomic E-state index is 0.0892. The van der Waals surface area contributed by atoms with E-state index in [1.807, 2.05) is 0 Å². The second-order valence-electron chi connectivity index (χ2n) is 22.4. The highest BCUT2D eigenvalue weighted by atomic mass is 16.6. The van der Waals surface area contributed by atoms with Crippen LogP contribution in [-0.4, -0.2) is 37.2 Å². The number of esters is 3. The Hall–Kier alpha value is -4.19. The Kier molecular flexibility index (Phi) is 64.8. The van der Waals surface area contributed by atoms with E-state index in [2.05, 4.69) is 142 Å². The van der Waals surface area contributed by atoms with Crippen LogP contribution < -0.4 is 0 Å². The van der Waals surface area contributed by atoms with Gasteiger partial charge in [0.1, 0.15) is 13.2 Å². The highest BCUT2D eigenvalue weighted by Crippen LogP contribution is 2.16. The van der Waals surface area contributed by atoms with E-state index in [-0.39, 0.29) is 31.1 Å². The first-order valence-corrected chi connectivity index (χ1v) is 34.0. The Bertz CT molecular complexity index is 1670. The number of hydrogen-bond donors (Lipinski definition) is 0. The van der Waals surface area contributed by atoms with Crippen LogP contribution in [0.25, 0.3) is 0 Å². The van der Waals surface area contributed by atoms with E-state index >= 15 is 0 Å². The molecule has 0 aliphatic carbocycles. The second kappa shape index (κ2) is 68.3. The number of allylic oxidation sites excluding steroid dienone is 20. The fourth-order valence-corrected chi connectivity index (χ4v) is 9.37. The van der Waals surface area contributed by atoms with E-state index < -0.39 is 6.10 Å². The van der Waals surface area contributed by atoms with Crippen LogP contribution in [0.1, 0.15) is 316 Å². The summed E-state index contributed by atoms with van der Waals surface area (Å²) in [5.74, 6) is -0.906. The Morgan fingerprint density at radius 3 is 0.778 bits per heavy atom. The Morgan fingerprint density at radius 1 is 0.259 bits per heavy atom. The van der Waals surface area contributed by atoms with Gasteiger partial charge in [0, 0.05) is 19.3 Å². The number of carbonyl (C=O) groups excluding carboxylic acids is 3. The van der Waals surface area contributed by atoms with Crippen molar-refractivity contribution in [3.05, 3.63) is 122 Å². The third-order valence-electron chi connectivity index (χ3n) is 14.5. The highest BCUT2D eigenvalue weighted by Gasteiger charge is 2.19. The van der Waals surface area contributed by atoms with Crippen LogP contribution in [0.3, 0.4) is 0 Å². The fourth-order valence-electron chi connectivity index (χ4n) is 9.37. The molecule has 0 aromatic rings. The van der Waals surface area contributed by atoms with E-state index in [9.17, 15) is 14.4 Å². The van der Waals surface area contributed by atoms with Crippen LogP contribution in [0.2, 0.25) is 0 Å². The molecule has 0 bridgehead atoms. The standard InChI is InChI=1S/C75H126O6/c1-4-7-10-13-16-19-22-25-28-30-31-32-33-34-35-36-37-38-39-40-41-42-43-45-47-50-53-56-59-62-65-68-74(77)80-71-72(70-79-73(76)67-64-61-58-55-52-49-46-27-24-21-18-15-12-9-6-3)81-75(78)69-66-63-60-57-54-51-48-44-29-26-23-20-17-14-11-8-5-2/h7,10,16,18-19,21,25,27-28,31-32,34-35,37-38,40-41,43,45-46,72H,4-6,8-9,11-15,17,20,22-24,26,29-30,33,36,39,42,44,47-71H2,1-3H3/b10-7-,19-16-,21-18-,28-25-,32-31-,35-34-,38-37-,41-40-,45-43-,46-27-. The Morgan fingerprint density at radius 2 is 0.481 bits per heavy atom. The van der Waals surface area contributed by atoms with Crippen LogP contribution in [0.15, 0.2) is 122 Å². The van der Waals surface area contributed by atoms with Crippen molar-refractivity contribution in [2.45, 2.75) is 322 Å². The molecule has 0 radical (unpaired) electrons. The first-order chi connectivity index (χ1) is 40.0. The van der Waals surface area contributed by atoms with Crippen LogP contribution >= 0.6 is 0 Å². The molecule has 0 rings (SSSR count). The molecule has 0 heterocycles. The number of ether oxygens (including phenoxy) is 3. The number of carbonyl (C=O) groups is 3. The summed E-state index contributed by atoms with van der Waals surface area (Å²) in [6.45, 7) is 6.50. The van der Waals surface area contributed by atoms with E-state index in [0.29, 0.717) is 19.3 Å². The average Bonchev–Trinajstić information content (AvgIpc) is 3.47. The van der Waals surface area contributed by atoms with Gasteiger partial charge in [-0.15, -0.1) is 0 Å². The SMILES string of the molecule is CC/C=C\C/C=C\C/C=C\C/C=C\C/C=C\C/C=C\C/C=C\C/C=C\CCCCCCCCC(=O)OCC(COC(=O)CCCCCCC/C=C\C/C=C\CCCCC)OC(=O)CCCCCCCCCCCCCCCCCCC. The quantitative estimate of drug-likeness (QED) is 0.0261. The summed E-state index contributed by atoms with van der Waals surface area (Å²) >= 11 is 0. The van der Waals surface area contributed by atoms with Gasteiger partial charge in [0.05, 0.1) is 0 Å². The van der Waals surface area contributed by atoms with Gasteiger partial charge in [-0.1, -0.05) is 303 Å². The summed E-state index contributed by atoms with van der Waals surface area (Å²) in [6.07, 6.45) is 94.9. The highest BCUT2D eigenvalue weighted by molar-refractivity contribution is 5.71. The van der Waals surface area contributed by atoms with Crippen molar-refractivity contribution in [1.82, 2.24) is 0 Å². The van der Waals surface area contributed by atoms with Crippen molar-refractivity contribution in [2.24, 2.45) is 0 Å². The van der Waals surface area contributed by atoms with Crippen LogP contribution in [0.5, 0.6) is 0 Å². The molecule has 6 nitrogen and oxygen atoms in total. The van der Waals surface area contributed by atoms with E-state index in [0.717, 1.165) is 148 Å². The van der Waals surface area contributed by atoms with Gasteiger partial charge >= 0.3 is 17.9 Å². The van der Waals surface area contributed by atoms with Gasteiger partial charge < -0.3 is 14.2 Å². The van der Waals surface area contributed by atoms with Crippen molar-refractivity contribution in [3.63, 3.8) is 0 Å². The number of unbranched alkanes of at least 4 members (excludes halogenated alkanes) is 30. The maximum Gasteiger partial charge on any atom is 0.306 e. The number of hydrogen-bond acceptors (Lipinski definition) is 6. The molecule has 0 aliphatic heterocycles. The average molecular weight is 1120 g/mol. The first kappa shape index (κ1) is 76.8. The van der Waals surface area contributed by atoms with Gasteiger partial charge in [0.2, 0.25) is 0 Å². The lowest BCUT2D eigenvalue weighted by atomic mass is 10.0. The Labute approximate surface area is 501 Å². The molecule has 81 heavy (non-hydrogen) atoms. The molecule has 0 saturated carbocycles. The fraction of sp³-hybridized carbons (Fsp3) is 0.693. The first-order valence-electron chi connectivity index (χ1n) is 34.0. The third-order valence-corrected chi connectivity index (χ3v) is 14.5. The summed E-state index contributed by atoms with van der Waals surface area (Å²) in [5, 5.41) is 0. The lowest BCUT2D eigenvalue weighted by Gasteiger charge is -2.18. The zero-order valence-corrected chi connectivity index (χ0v) is 53.0. The summed E-state index contributed by atoms with van der Waals surface area (Å²) < 4.78 is 16.9. The van der Waals surface area contributed by atoms with Gasteiger partial charge in [-0.25, -0.2) is 0 Å². The normalized spacial score (nSPS) is 12.9. The maximum atomic E-state index is 12.9. The van der Waals surface area contributed by atoms with Gasteiger partial charge in [-0.3, -0.25) is 14.4 Å². The molecule has 0 fully saturated rings. The predicted octanol–water partition coefficient (Wildman–Crippen LogP) is 23.6. The molecule has 0 saturated heterocycles. The van der Waals surface area contributed by atoms with Crippen LogP contribution in [0.4, 0.5) is 0 Å². The second-order valence-corrected chi connectivity index (χ2v) is 22.4. The third kappa shape index (κ3) is 66.5. The van der Waals surface area contributed by atoms with Crippen LogP contribution in [0, 0.1) is 0 Å². The summed E-state index contributed by atoms with van der Waals surface area (Å²) in [4.78, 5) is 38.4.